The van der Waals surface area contributed by atoms with Crippen molar-refractivity contribution < 1.29 is 9.59 Å². The van der Waals surface area contributed by atoms with Gasteiger partial charge in [-0.15, -0.1) is 0 Å². The van der Waals surface area contributed by atoms with E-state index in [1.54, 1.807) is 16.7 Å². The fourth-order valence-electron chi connectivity index (χ4n) is 2.60. The largest absolute Gasteiger partial charge is 0.342 e. The zero-order chi connectivity index (χ0) is 15.0. The molecule has 0 aromatic carbocycles. The van der Waals surface area contributed by atoms with E-state index < -0.39 is 0 Å². The van der Waals surface area contributed by atoms with E-state index in [4.69, 9.17) is 0 Å². The van der Waals surface area contributed by atoms with Gasteiger partial charge in [-0.05, 0) is 46.0 Å². The van der Waals surface area contributed by atoms with Crippen LogP contribution in [0.1, 0.15) is 52.9 Å². The minimum Gasteiger partial charge on any atom is -0.342 e. The molecular weight excluding hydrogens is 252 g/mol. The maximum atomic E-state index is 12.1. The normalized spacial score (nSPS) is 14.7. The smallest absolute Gasteiger partial charge is 0.242 e. The van der Waals surface area contributed by atoms with Gasteiger partial charge in [0.2, 0.25) is 11.8 Å². The summed E-state index contributed by atoms with van der Waals surface area (Å²) in [5.41, 5.74) is 1.44. The van der Waals surface area contributed by atoms with Crippen LogP contribution >= 0.6 is 0 Å². The summed E-state index contributed by atoms with van der Waals surface area (Å²) in [5, 5.41) is 0. The summed E-state index contributed by atoms with van der Waals surface area (Å²) in [6.45, 7) is 7.75. The van der Waals surface area contributed by atoms with Crippen molar-refractivity contribution in [3.05, 3.63) is 11.6 Å². The van der Waals surface area contributed by atoms with Gasteiger partial charge in [0.1, 0.15) is 0 Å². The molecule has 4 heteroatoms. The van der Waals surface area contributed by atoms with Crippen molar-refractivity contribution in [3.63, 3.8) is 0 Å². The number of hydrogen-bond donors (Lipinski definition) is 0. The molecule has 0 saturated carbocycles. The second kappa shape index (κ2) is 8.77. The molecule has 0 aliphatic heterocycles. The fourth-order valence-corrected chi connectivity index (χ4v) is 2.60. The monoisotopic (exact) mass is 280 g/mol. The Bertz CT molecular complexity index is 359. The predicted molar refractivity (Wildman–Crippen MR) is 81.4 cm³/mol. The van der Waals surface area contributed by atoms with Crippen LogP contribution in [0, 0.1) is 0 Å². The first-order valence-corrected chi connectivity index (χ1v) is 7.79. The van der Waals surface area contributed by atoms with Gasteiger partial charge in [-0.3, -0.25) is 9.59 Å². The Labute approximate surface area is 122 Å². The lowest BCUT2D eigenvalue weighted by molar-refractivity contribution is -0.139. The first kappa shape index (κ1) is 16.7. The summed E-state index contributed by atoms with van der Waals surface area (Å²) < 4.78 is 0. The highest BCUT2D eigenvalue weighted by Gasteiger charge is 2.17. The number of carbonyl (C=O) groups is 2. The summed E-state index contributed by atoms with van der Waals surface area (Å²) in [7, 11) is 0. The van der Waals surface area contributed by atoms with Gasteiger partial charge in [-0.2, -0.15) is 0 Å². The van der Waals surface area contributed by atoms with Gasteiger partial charge >= 0.3 is 0 Å². The van der Waals surface area contributed by atoms with E-state index in [2.05, 4.69) is 6.08 Å². The van der Waals surface area contributed by atoms with Crippen LogP contribution in [0.3, 0.4) is 0 Å². The first-order chi connectivity index (χ1) is 9.58. The zero-order valence-electron chi connectivity index (χ0n) is 13.2. The Morgan fingerprint density at radius 3 is 2.35 bits per heavy atom. The number of likely N-dealkylation sites (N-methyl/N-ethyl adjacent to an activating group) is 1. The topological polar surface area (TPSA) is 40.6 Å². The molecule has 0 heterocycles. The van der Waals surface area contributed by atoms with Crippen LogP contribution in [0.25, 0.3) is 0 Å². The molecule has 0 N–H and O–H groups in total. The quantitative estimate of drug-likeness (QED) is 0.673. The third kappa shape index (κ3) is 5.35. The van der Waals surface area contributed by atoms with Crippen molar-refractivity contribution >= 4 is 11.8 Å². The number of nitrogens with zero attached hydrogens (tertiary/aromatic N) is 2. The SMILES string of the molecule is CCN(CC)C(=O)CN(CCC1=CCCCC1)C(C)=O. The lowest BCUT2D eigenvalue weighted by Crippen LogP contribution is -2.42. The third-order valence-corrected chi connectivity index (χ3v) is 3.98. The molecule has 0 radical (unpaired) electrons. The average molecular weight is 280 g/mol. The van der Waals surface area contributed by atoms with Crippen molar-refractivity contribution in [1.82, 2.24) is 9.80 Å². The van der Waals surface area contributed by atoms with Crippen LogP contribution in [-0.4, -0.2) is 47.8 Å². The maximum absolute atomic E-state index is 12.1. The van der Waals surface area contributed by atoms with Gasteiger partial charge in [0.15, 0.2) is 0 Å². The van der Waals surface area contributed by atoms with Gasteiger partial charge in [0.25, 0.3) is 0 Å². The van der Waals surface area contributed by atoms with Crippen LogP contribution in [-0.2, 0) is 9.59 Å². The van der Waals surface area contributed by atoms with Crippen LogP contribution in [0.5, 0.6) is 0 Å². The van der Waals surface area contributed by atoms with Crippen LogP contribution in [0.4, 0.5) is 0 Å². The molecular formula is C16H28N2O2. The Balaban J connectivity index is 2.49. The van der Waals surface area contributed by atoms with Crippen molar-refractivity contribution in [1.29, 1.82) is 0 Å². The lowest BCUT2D eigenvalue weighted by atomic mass is 9.97. The molecule has 0 unspecified atom stereocenters. The van der Waals surface area contributed by atoms with E-state index in [1.165, 1.54) is 18.4 Å². The summed E-state index contributed by atoms with van der Waals surface area (Å²) in [5.74, 6) is 0.0322. The number of allylic oxidation sites excluding steroid dienone is 1. The first-order valence-electron chi connectivity index (χ1n) is 7.79. The van der Waals surface area contributed by atoms with Gasteiger partial charge in [0.05, 0.1) is 6.54 Å². The van der Waals surface area contributed by atoms with Crippen LogP contribution < -0.4 is 0 Å². The van der Waals surface area contributed by atoms with Crippen molar-refractivity contribution in [3.8, 4) is 0 Å². The maximum Gasteiger partial charge on any atom is 0.242 e. The minimum atomic E-state index is -0.0121. The summed E-state index contributed by atoms with van der Waals surface area (Å²) >= 11 is 0. The van der Waals surface area contributed by atoms with E-state index in [1.807, 2.05) is 13.8 Å². The van der Waals surface area contributed by atoms with Crippen molar-refractivity contribution in [2.75, 3.05) is 26.2 Å². The van der Waals surface area contributed by atoms with Crippen LogP contribution in [0.2, 0.25) is 0 Å². The minimum absolute atomic E-state index is 0.0121. The standard InChI is InChI=1S/C16H28N2O2/c1-4-17(5-2)16(20)13-18(14(3)19)12-11-15-9-7-6-8-10-15/h9H,4-8,10-13H2,1-3H3. The predicted octanol–water partition coefficient (Wildman–Crippen LogP) is 2.59. The lowest BCUT2D eigenvalue weighted by Gasteiger charge is -2.26. The third-order valence-electron chi connectivity index (χ3n) is 3.98. The summed E-state index contributed by atoms with van der Waals surface area (Å²) in [6, 6.07) is 0. The summed E-state index contributed by atoms with van der Waals surface area (Å²) in [4.78, 5) is 27.2. The summed E-state index contributed by atoms with van der Waals surface area (Å²) in [6.07, 6.45) is 8.05. The number of hydrogen-bond acceptors (Lipinski definition) is 2. The highest BCUT2D eigenvalue weighted by Crippen LogP contribution is 2.20. The fraction of sp³-hybridized carbons (Fsp3) is 0.750. The molecule has 0 aromatic heterocycles. The second-order valence-corrected chi connectivity index (χ2v) is 5.36. The molecule has 20 heavy (non-hydrogen) atoms. The van der Waals surface area contributed by atoms with Gasteiger partial charge < -0.3 is 9.80 Å². The molecule has 0 aromatic rings. The van der Waals surface area contributed by atoms with E-state index in [0.717, 1.165) is 19.3 Å². The van der Waals surface area contributed by atoms with E-state index in [0.29, 0.717) is 19.6 Å². The van der Waals surface area contributed by atoms with Gasteiger partial charge in [-0.1, -0.05) is 11.6 Å². The van der Waals surface area contributed by atoms with Crippen molar-refractivity contribution in [2.24, 2.45) is 0 Å². The molecule has 0 fully saturated rings. The molecule has 0 atom stereocenters. The second-order valence-electron chi connectivity index (χ2n) is 5.36. The van der Waals surface area contributed by atoms with Gasteiger partial charge in [-0.25, -0.2) is 0 Å². The number of carbonyl (C=O) groups excluding carboxylic acids is 2. The van der Waals surface area contributed by atoms with E-state index >= 15 is 0 Å². The Morgan fingerprint density at radius 2 is 1.85 bits per heavy atom. The Kier molecular flexibility index (Phi) is 7.34. The number of amides is 2. The molecule has 2 amide bonds. The van der Waals surface area contributed by atoms with Gasteiger partial charge in [0, 0.05) is 26.6 Å². The number of rotatable bonds is 7. The molecule has 1 aliphatic rings. The van der Waals surface area contributed by atoms with E-state index in [9.17, 15) is 9.59 Å². The highest BCUT2D eigenvalue weighted by atomic mass is 16.2. The highest BCUT2D eigenvalue weighted by molar-refractivity contribution is 5.83. The molecule has 1 rings (SSSR count). The molecule has 0 saturated heterocycles. The average Bonchev–Trinajstić information content (AvgIpc) is 2.45. The molecule has 114 valence electrons. The zero-order valence-corrected chi connectivity index (χ0v) is 13.2. The Hall–Kier alpha value is -1.32. The molecule has 0 bridgehead atoms. The molecule has 0 spiro atoms. The van der Waals surface area contributed by atoms with Crippen LogP contribution in [0.15, 0.2) is 11.6 Å². The molecule has 4 nitrogen and oxygen atoms in total. The Morgan fingerprint density at radius 1 is 1.15 bits per heavy atom. The molecule has 1 aliphatic carbocycles. The van der Waals surface area contributed by atoms with Crippen molar-refractivity contribution in [2.45, 2.75) is 52.9 Å². The van der Waals surface area contributed by atoms with E-state index in [-0.39, 0.29) is 18.4 Å².